The van der Waals surface area contributed by atoms with Gasteiger partial charge in [0.1, 0.15) is 0 Å². The fourth-order valence-corrected chi connectivity index (χ4v) is 1.91. The molecule has 2 rings (SSSR count). The molecule has 2 aliphatic rings. The Morgan fingerprint density at radius 1 is 1.55 bits per heavy atom. The Hall–Kier alpha value is -0.570. The summed E-state index contributed by atoms with van der Waals surface area (Å²) in [6, 6.07) is 0. The normalized spacial score (nSPS) is 42.4. The van der Waals surface area contributed by atoms with Crippen LogP contribution in [0.4, 0.5) is 0 Å². The first kappa shape index (κ1) is 7.10. The summed E-state index contributed by atoms with van der Waals surface area (Å²) in [4.78, 5) is 10.5. The molecule has 1 aliphatic heterocycles. The second-order valence-electron chi connectivity index (χ2n) is 3.47. The maximum absolute atomic E-state index is 10.5. The smallest absolute Gasteiger partial charge is 0.306 e. The van der Waals surface area contributed by atoms with E-state index in [4.69, 9.17) is 9.84 Å². The molecular formula is C8H12O3. The molecule has 1 saturated carbocycles. The summed E-state index contributed by atoms with van der Waals surface area (Å²) in [5.74, 6) is 0.287. The van der Waals surface area contributed by atoms with Gasteiger partial charge in [0.2, 0.25) is 0 Å². The van der Waals surface area contributed by atoms with Gasteiger partial charge in [-0.05, 0) is 24.7 Å². The van der Waals surface area contributed by atoms with E-state index in [0.717, 1.165) is 26.1 Å². The molecule has 1 heterocycles. The lowest BCUT2D eigenvalue weighted by Crippen LogP contribution is -2.08. The van der Waals surface area contributed by atoms with Gasteiger partial charge >= 0.3 is 5.97 Å². The van der Waals surface area contributed by atoms with Crippen LogP contribution in [-0.2, 0) is 9.53 Å². The first-order valence-electron chi connectivity index (χ1n) is 4.09. The van der Waals surface area contributed by atoms with Crippen LogP contribution in [0.15, 0.2) is 0 Å². The maximum Gasteiger partial charge on any atom is 0.306 e. The molecule has 1 saturated heterocycles. The van der Waals surface area contributed by atoms with Gasteiger partial charge in [-0.3, -0.25) is 4.79 Å². The molecule has 1 N–H and O–H groups in total. The van der Waals surface area contributed by atoms with Gasteiger partial charge < -0.3 is 9.84 Å². The lowest BCUT2D eigenvalue weighted by atomic mass is 10.0. The largest absolute Gasteiger partial charge is 0.481 e. The summed E-state index contributed by atoms with van der Waals surface area (Å²) in [5.41, 5.74) is 0. The van der Waals surface area contributed by atoms with Gasteiger partial charge in [-0.15, -0.1) is 0 Å². The highest BCUT2D eigenvalue weighted by Crippen LogP contribution is 2.47. The van der Waals surface area contributed by atoms with E-state index in [0.29, 0.717) is 11.8 Å². The van der Waals surface area contributed by atoms with Crippen molar-refractivity contribution in [3.05, 3.63) is 0 Å². The molecule has 0 aromatic carbocycles. The van der Waals surface area contributed by atoms with Crippen LogP contribution in [0.3, 0.4) is 0 Å². The fourth-order valence-electron chi connectivity index (χ4n) is 1.91. The van der Waals surface area contributed by atoms with Crippen molar-refractivity contribution in [3.63, 3.8) is 0 Å². The zero-order valence-electron chi connectivity index (χ0n) is 6.32. The van der Waals surface area contributed by atoms with Crippen LogP contribution in [0, 0.1) is 17.8 Å². The number of carboxylic acid groups (broad SMARTS) is 1. The van der Waals surface area contributed by atoms with Gasteiger partial charge in [0.25, 0.3) is 0 Å². The van der Waals surface area contributed by atoms with Gasteiger partial charge in [0, 0.05) is 13.2 Å². The number of aliphatic carboxylic acids is 1. The Bertz CT molecular complexity index is 172. The van der Waals surface area contributed by atoms with E-state index >= 15 is 0 Å². The molecule has 0 aromatic heterocycles. The second-order valence-corrected chi connectivity index (χ2v) is 3.47. The van der Waals surface area contributed by atoms with Crippen LogP contribution >= 0.6 is 0 Å². The number of rotatable bonds is 2. The van der Waals surface area contributed by atoms with Crippen molar-refractivity contribution >= 4 is 5.97 Å². The molecular weight excluding hydrogens is 144 g/mol. The van der Waals surface area contributed by atoms with E-state index in [1.54, 1.807) is 0 Å². The molecule has 2 fully saturated rings. The molecule has 1 aliphatic carbocycles. The summed E-state index contributed by atoms with van der Waals surface area (Å²) in [7, 11) is 0. The van der Waals surface area contributed by atoms with Crippen LogP contribution < -0.4 is 0 Å². The second kappa shape index (κ2) is 2.48. The topological polar surface area (TPSA) is 46.5 Å². The number of hydrogen-bond acceptors (Lipinski definition) is 2. The molecule has 0 bridgehead atoms. The molecule has 62 valence electrons. The SMILES string of the molecule is O=C(O)[C@@H]1C[C@@H]1[C@@H]1CCOC1. The molecule has 0 spiro atoms. The Morgan fingerprint density at radius 3 is 2.82 bits per heavy atom. The van der Waals surface area contributed by atoms with Crippen molar-refractivity contribution in [3.8, 4) is 0 Å². The summed E-state index contributed by atoms with van der Waals surface area (Å²) >= 11 is 0. The van der Waals surface area contributed by atoms with Crippen molar-refractivity contribution in [2.75, 3.05) is 13.2 Å². The standard InChI is InChI=1S/C8H12O3/c9-8(10)7-3-6(7)5-1-2-11-4-5/h5-7H,1-4H2,(H,9,10)/t5-,6-,7-/m1/s1. The van der Waals surface area contributed by atoms with Crippen LogP contribution in [0.1, 0.15) is 12.8 Å². The van der Waals surface area contributed by atoms with E-state index < -0.39 is 5.97 Å². The first-order chi connectivity index (χ1) is 5.29. The van der Waals surface area contributed by atoms with Gasteiger partial charge in [-0.25, -0.2) is 0 Å². The van der Waals surface area contributed by atoms with E-state index in [9.17, 15) is 4.79 Å². The van der Waals surface area contributed by atoms with Crippen LogP contribution in [0.5, 0.6) is 0 Å². The molecule has 0 aromatic rings. The summed E-state index contributed by atoms with van der Waals surface area (Å²) < 4.78 is 5.19. The Balaban J connectivity index is 1.85. The fraction of sp³-hybridized carbons (Fsp3) is 0.875. The third-order valence-electron chi connectivity index (χ3n) is 2.73. The minimum absolute atomic E-state index is 0.0540. The number of carboxylic acids is 1. The van der Waals surface area contributed by atoms with E-state index in [2.05, 4.69) is 0 Å². The molecule has 3 heteroatoms. The lowest BCUT2D eigenvalue weighted by molar-refractivity contribution is -0.139. The van der Waals surface area contributed by atoms with Crippen LogP contribution in [-0.4, -0.2) is 24.3 Å². The van der Waals surface area contributed by atoms with Crippen molar-refractivity contribution in [1.82, 2.24) is 0 Å². The number of hydrogen-bond donors (Lipinski definition) is 1. The van der Waals surface area contributed by atoms with Crippen molar-refractivity contribution in [2.24, 2.45) is 17.8 Å². The number of carbonyl (C=O) groups is 1. The highest BCUT2D eigenvalue weighted by molar-refractivity contribution is 5.73. The average Bonchev–Trinajstić information content (AvgIpc) is 2.60. The highest BCUT2D eigenvalue weighted by Gasteiger charge is 2.48. The monoisotopic (exact) mass is 156 g/mol. The van der Waals surface area contributed by atoms with E-state index in [1.165, 1.54) is 0 Å². The lowest BCUT2D eigenvalue weighted by Gasteiger charge is -2.02. The average molecular weight is 156 g/mol. The molecule has 0 radical (unpaired) electrons. The third kappa shape index (κ3) is 1.25. The van der Waals surface area contributed by atoms with Crippen LogP contribution in [0.25, 0.3) is 0 Å². The summed E-state index contributed by atoms with van der Waals surface area (Å²) in [5, 5.41) is 8.64. The zero-order chi connectivity index (χ0) is 7.84. The summed E-state index contributed by atoms with van der Waals surface area (Å²) in [6.45, 7) is 1.61. The van der Waals surface area contributed by atoms with Gasteiger partial charge in [-0.2, -0.15) is 0 Å². The Kier molecular flexibility index (Phi) is 1.60. The van der Waals surface area contributed by atoms with Gasteiger partial charge in [-0.1, -0.05) is 0 Å². The Labute approximate surface area is 65.4 Å². The molecule has 11 heavy (non-hydrogen) atoms. The minimum Gasteiger partial charge on any atom is -0.481 e. The number of ether oxygens (including phenoxy) is 1. The van der Waals surface area contributed by atoms with Crippen molar-refractivity contribution in [2.45, 2.75) is 12.8 Å². The minimum atomic E-state index is -0.623. The molecule has 3 nitrogen and oxygen atoms in total. The first-order valence-corrected chi connectivity index (χ1v) is 4.09. The van der Waals surface area contributed by atoms with E-state index in [-0.39, 0.29) is 5.92 Å². The van der Waals surface area contributed by atoms with Crippen molar-refractivity contribution < 1.29 is 14.6 Å². The van der Waals surface area contributed by atoms with Crippen LogP contribution in [0.2, 0.25) is 0 Å². The molecule has 0 unspecified atom stereocenters. The summed E-state index contributed by atoms with van der Waals surface area (Å²) in [6.07, 6.45) is 1.94. The molecule has 3 atom stereocenters. The quantitative estimate of drug-likeness (QED) is 0.641. The maximum atomic E-state index is 10.5. The molecule has 0 amide bonds. The van der Waals surface area contributed by atoms with Gasteiger partial charge in [0.05, 0.1) is 5.92 Å². The Morgan fingerprint density at radius 2 is 2.36 bits per heavy atom. The van der Waals surface area contributed by atoms with Gasteiger partial charge in [0.15, 0.2) is 0 Å². The highest BCUT2D eigenvalue weighted by atomic mass is 16.5. The predicted molar refractivity (Wildman–Crippen MR) is 38.2 cm³/mol. The zero-order valence-corrected chi connectivity index (χ0v) is 6.32. The predicted octanol–water partition coefficient (Wildman–Crippen LogP) is 0.744. The van der Waals surface area contributed by atoms with E-state index in [1.807, 2.05) is 0 Å². The van der Waals surface area contributed by atoms with Crippen molar-refractivity contribution in [1.29, 1.82) is 0 Å². The third-order valence-corrected chi connectivity index (χ3v) is 2.73.